The minimum atomic E-state index is -0.790. The molecule has 1 heterocycles. The van der Waals surface area contributed by atoms with E-state index in [-0.39, 0.29) is 24.8 Å². The number of amides is 2. The third kappa shape index (κ3) is 3.72. The first-order valence-corrected chi connectivity index (χ1v) is 8.46. The van der Waals surface area contributed by atoms with Gasteiger partial charge in [-0.1, -0.05) is 43.9 Å². The first-order valence-electron chi connectivity index (χ1n) is 8.46. The minimum absolute atomic E-state index is 0.124. The van der Waals surface area contributed by atoms with E-state index in [1.807, 2.05) is 24.3 Å². The summed E-state index contributed by atoms with van der Waals surface area (Å²) in [7, 11) is 0. The second-order valence-electron chi connectivity index (χ2n) is 6.75. The van der Waals surface area contributed by atoms with Crippen LogP contribution >= 0.6 is 0 Å². The van der Waals surface area contributed by atoms with E-state index in [4.69, 9.17) is 0 Å². The molecule has 0 aromatic heterocycles. The Bertz CT molecular complexity index is 592. The number of hydrogen-bond acceptors (Lipinski definition) is 3. The molecular formula is C18H24N2O3. The number of carbonyl (C=O) groups excluding carboxylic acids is 2. The lowest BCUT2D eigenvalue weighted by molar-refractivity contribution is -0.126. The summed E-state index contributed by atoms with van der Waals surface area (Å²) >= 11 is 0. The monoisotopic (exact) mass is 316 g/mol. The lowest BCUT2D eigenvalue weighted by atomic mass is 9.93. The lowest BCUT2D eigenvalue weighted by Gasteiger charge is -2.27. The van der Waals surface area contributed by atoms with Gasteiger partial charge in [-0.3, -0.25) is 9.59 Å². The van der Waals surface area contributed by atoms with Crippen molar-refractivity contribution in [3.05, 3.63) is 29.8 Å². The summed E-state index contributed by atoms with van der Waals surface area (Å²) in [5.41, 5.74) is 0.876. The van der Waals surface area contributed by atoms with Crippen LogP contribution in [-0.4, -0.2) is 29.1 Å². The number of aliphatic hydroxyl groups is 1. The lowest BCUT2D eigenvalue weighted by Crippen LogP contribution is -2.43. The standard InChI is InChI=1S/C18H24N2O3/c21-16(19-12-18(23)9-5-1-2-6-10-18)11-14-13-7-3-4-8-15(13)20-17(14)22/h3-4,7-8,14,23H,1-2,5-6,9-12H2,(H,19,21)(H,20,22). The van der Waals surface area contributed by atoms with Gasteiger partial charge < -0.3 is 15.7 Å². The average Bonchev–Trinajstić information content (AvgIpc) is 2.71. The summed E-state index contributed by atoms with van der Waals surface area (Å²) in [5, 5.41) is 16.2. The van der Waals surface area contributed by atoms with E-state index in [1.54, 1.807) is 0 Å². The molecule has 1 aromatic carbocycles. The van der Waals surface area contributed by atoms with Crippen LogP contribution < -0.4 is 10.6 Å². The Labute approximate surface area is 136 Å². The molecule has 1 aliphatic heterocycles. The van der Waals surface area contributed by atoms with Crippen molar-refractivity contribution in [1.82, 2.24) is 5.32 Å². The van der Waals surface area contributed by atoms with Gasteiger partial charge in [-0.25, -0.2) is 0 Å². The highest BCUT2D eigenvalue weighted by molar-refractivity contribution is 6.04. The van der Waals surface area contributed by atoms with Crippen molar-refractivity contribution in [2.45, 2.75) is 56.5 Å². The third-order valence-electron chi connectivity index (χ3n) is 4.95. The van der Waals surface area contributed by atoms with Crippen molar-refractivity contribution in [3.8, 4) is 0 Å². The summed E-state index contributed by atoms with van der Waals surface area (Å²) in [5.74, 6) is -0.746. The van der Waals surface area contributed by atoms with E-state index >= 15 is 0 Å². The van der Waals surface area contributed by atoms with E-state index in [0.29, 0.717) is 0 Å². The second kappa shape index (κ2) is 6.71. The van der Waals surface area contributed by atoms with Crippen LogP contribution in [0.5, 0.6) is 0 Å². The molecule has 1 aromatic rings. The van der Waals surface area contributed by atoms with Crippen molar-refractivity contribution < 1.29 is 14.7 Å². The Hall–Kier alpha value is -1.88. The predicted octanol–water partition coefficient (Wildman–Crippen LogP) is 2.31. The molecule has 3 N–H and O–H groups in total. The van der Waals surface area contributed by atoms with E-state index in [2.05, 4.69) is 10.6 Å². The van der Waals surface area contributed by atoms with Crippen LogP contribution in [0.4, 0.5) is 5.69 Å². The zero-order valence-electron chi connectivity index (χ0n) is 13.3. The van der Waals surface area contributed by atoms with Crippen molar-refractivity contribution in [1.29, 1.82) is 0 Å². The number of rotatable bonds is 4. The molecule has 23 heavy (non-hydrogen) atoms. The summed E-state index contributed by atoms with van der Waals surface area (Å²) in [4.78, 5) is 24.3. The van der Waals surface area contributed by atoms with Gasteiger partial charge in [0.25, 0.3) is 0 Å². The number of carbonyl (C=O) groups is 2. The van der Waals surface area contributed by atoms with Crippen LogP contribution in [0.1, 0.15) is 56.4 Å². The van der Waals surface area contributed by atoms with E-state index < -0.39 is 11.5 Å². The maximum absolute atomic E-state index is 12.2. The molecule has 0 bridgehead atoms. The Balaban J connectivity index is 1.56. The maximum atomic E-state index is 12.2. The molecule has 0 saturated heterocycles. The van der Waals surface area contributed by atoms with Crippen LogP contribution in [0.15, 0.2) is 24.3 Å². The van der Waals surface area contributed by atoms with Gasteiger partial charge in [-0.2, -0.15) is 0 Å². The second-order valence-corrected chi connectivity index (χ2v) is 6.75. The Morgan fingerprint density at radius 3 is 2.65 bits per heavy atom. The van der Waals surface area contributed by atoms with Crippen molar-refractivity contribution in [2.75, 3.05) is 11.9 Å². The molecule has 0 radical (unpaired) electrons. The maximum Gasteiger partial charge on any atom is 0.232 e. The van der Waals surface area contributed by atoms with Crippen LogP contribution in [0.2, 0.25) is 0 Å². The Morgan fingerprint density at radius 1 is 1.22 bits per heavy atom. The van der Waals surface area contributed by atoms with Crippen molar-refractivity contribution in [3.63, 3.8) is 0 Å². The number of benzene rings is 1. The highest BCUT2D eigenvalue weighted by Gasteiger charge is 2.33. The van der Waals surface area contributed by atoms with E-state index in [0.717, 1.165) is 49.8 Å². The largest absolute Gasteiger partial charge is 0.388 e. The summed E-state index contributed by atoms with van der Waals surface area (Å²) in [6.07, 6.45) is 5.90. The fraction of sp³-hybridized carbons (Fsp3) is 0.556. The van der Waals surface area contributed by atoms with Crippen LogP contribution in [0.25, 0.3) is 0 Å². The van der Waals surface area contributed by atoms with Gasteiger partial charge in [0.2, 0.25) is 11.8 Å². The highest BCUT2D eigenvalue weighted by atomic mass is 16.3. The highest BCUT2D eigenvalue weighted by Crippen LogP contribution is 2.34. The quantitative estimate of drug-likeness (QED) is 0.746. The zero-order valence-corrected chi connectivity index (χ0v) is 13.3. The SMILES string of the molecule is O=C(CC1C(=O)Nc2ccccc21)NCC1(O)CCCCCC1. The number of hydrogen-bond donors (Lipinski definition) is 3. The number of para-hydroxylation sites is 1. The molecule has 1 aliphatic carbocycles. The fourth-order valence-corrected chi connectivity index (χ4v) is 3.56. The summed E-state index contributed by atoms with van der Waals surface area (Å²) in [6, 6.07) is 7.46. The summed E-state index contributed by atoms with van der Waals surface area (Å²) < 4.78 is 0. The molecule has 1 fully saturated rings. The predicted molar refractivity (Wildman–Crippen MR) is 88.1 cm³/mol. The Morgan fingerprint density at radius 2 is 1.91 bits per heavy atom. The molecule has 3 rings (SSSR count). The Kier molecular flexibility index (Phi) is 4.66. The van der Waals surface area contributed by atoms with Crippen molar-refractivity contribution >= 4 is 17.5 Å². The smallest absolute Gasteiger partial charge is 0.232 e. The molecule has 5 nitrogen and oxygen atoms in total. The van der Waals surface area contributed by atoms with Crippen molar-refractivity contribution in [2.24, 2.45) is 0 Å². The number of nitrogens with one attached hydrogen (secondary N) is 2. The molecule has 2 aliphatic rings. The van der Waals surface area contributed by atoms with Gasteiger partial charge in [-0.05, 0) is 24.5 Å². The zero-order chi connectivity index (χ0) is 16.3. The third-order valence-corrected chi connectivity index (χ3v) is 4.95. The first-order chi connectivity index (χ1) is 11.1. The number of anilines is 1. The molecule has 0 spiro atoms. The molecule has 1 saturated carbocycles. The fourth-order valence-electron chi connectivity index (χ4n) is 3.56. The van der Waals surface area contributed by atoms with Gasteiger partial charge in [0.15, 0.2) is 0 Å². The van der Waals surface area contributed by atoms with Crippen LogP contribution in [0, 0.1) is 0 Å². The van der Waals surface area contributed by atoms with Gasteiger partial charge >= 0.3 is 0 Å². The van der Waals surface area contributed by atoms with Gasteiger partial charge in [-0.15, -0.1) is 0 Å². The van der Waals surface area contributed by atoms with E-state index in [9.17, 15) is 14.7 Å². The topological polar surface area (TPSA) is 78.4 Å². The normalized spacial score (nSPS) is 22.8. The molecule has 1 unspecified atom stereocenters. The number of fused-ring (bicyclic) bond motifs is 1. The molecule has 5 heteroatoms. The van der Waals surface area contributed by atoms with Gasteiger partial charge in [0.1, 0.15) is 0 Å². The van der Waals surface area contributed by atoms with E-state index in [1.165, 1.54) is 0 Å². The van der Waals surface area contributed by atoms with Crippen LogP contribution in [-0.2, 0) is 9.59 Å². The summed E-state index contributed by atoms with van der Waals surface area (Å²) in [6.45, 7) is 0.280. The molecule has 124 valence electrons. The van der Waals surface area contributed by atoms with Gasteiger partial charge in [0, 0.05) is 18.7 Å². The average molecular weight is 316 g/mol. The first kappa shape index (κ1) is 16.0. The van der Waals surface area contributed by atoms with Crippen LogP contribution in [0.3, 0.4) is 0 Å². The molecule has 2 amide bonds. The molecule has 1 atom stereocenters. The molecular weight excluding hydrogens is 292 g/mol. The minimum Gasteiger partial charge on any atom is -0.388 e. The van der Waals surface area contributed by atoms with Gasteiger partial charge in [0.05, 0.1) is 11.5 Å².